The van der Waals surface area contributed by atoms with Gasteiger partial charge in [-0.15, -0.1) is 0 Å². The lowest BCUT2D eigenvalue weighted by molar-refractivity contribution is -0.317. The van der Waals surface area contributed by atoms with Gasteiger partial charge in [0.15, 0.2) is 6.10 Å². The number of aliphatic carboxylic acids is 1. The quantitative estimate of drug-likeness (QED) is 0.671. The Hall–Kier alpha value is -3.68. The van der Waals surface area contributed by atoms with Crippen LogP contribution in [0.5, 0.6) is 0 Å². The average molecular weight is 356 g/mol. The largest absolute Gasteiger partial charge is 0.546 e. The molecule has 0 unspecified atom stereocenters. The Morgan fingerprint density at radius 2 is 1.12 bits per heavy atom. The maximum absolute atomic E-state index is 12.1. The number of hydrogen-bond acceptors (Lipinski definition) is 7. The van der Waals surface area contributed by atoms with E-state index in [0.29, 0.717) is 0 Å². The van der Waals surface area contributed by atoms with Crippen molar-refractivity contribution in [3.05, 3.63) is 71.8 Å². The Morgan fingerprint density at radius 3 is 1.46 bits per heavy atom. The molecule has 0 bridgehead atoms. The molecule has 8 heteroatoms. The first-order valence-electron chi connectivity index (χ1n) is 7.42. The molecule has 2 N–H and O–H groups in total. The predicted octanol–water partition coefficient (Wildman–Crippen LogP) is -0.327. The molecule has 26 heavy (non-hydrogen) atoms. The zero-order valence-electron chi connectivity index (χ0n) is 13.4. The maximum atomic E-state index is 12.1. The number of esters is 2. The van der Waals surface area contributed by atoms with E-state index in [2.05, 4.69) is 0 Å². The first-order chi connectivity index (χ1) is 12.4. The van der Waals surface area contributed by atoms with Crippen molar-refractivity contribution < 1.29 is 33.8 Å². The van der Waals surface area contributed by atoms with Crippen molar-refractivity contribution in [2.45, 2.75) is 12.2 Å². The second kappa shape index (κ2) is 8.43. The number of rotatable bonds is 7. The highest BCUT2D eigenvalue weighted by atomic mass is 16.6. The van der Waals surface area contributed by atoms with Crippen LogP contribution in [0.15, 0.2) is 60.7 Å². The summed E-state index contributed by atoms with van der Waals surface area (Å²) < 4.78 is 9.63. The number of amides is 1. The maximum Gasteiger partial charge on any atom is 0.339 e. The molecule has 1 amide bonds. The van der Waals surface area contributed by atoms with E-state index in [9.17, 15) is 24.3 Å². The number of carboxylic acid groups (broad SMARTS) is 1. The lowest BCUT2D eigenvalue weighted by Crippen LogP contribution is -2.53. The Labute approximate surface area is 148 Å². The van der Waals surface area contributed by atoms with Gasteiger partial charge in [-0.05, 0) is 24.3 Å². The summed E-state index contributed by atoms with van der Waals surface area (Å²) in [7, 11) is 0. The van der Waals surface area contributed by atoms with Crippen molar-refractivity contribution in [2.24, 2.45) is 5.73 Å². The van der Waals surface area contributed by atoms with Crippen molar-refractivity contribution in [3.8, 4) is 0 Å². The molecule has 0 radical (unpaired) electrons. The van der Waals surface area contributed by atoms with Gasteiger partial charge in [-0.2, -0.15) is 0 Å². The van der Waals surface area contributed by atoms with E-state index in [0.717, 1.165) is 0 Å². The minimum absolute atomic E-state index is 0.0383. The van der Waals surface area contributed by atoms with Gasteiger partial charge in [0, 0.05) is 0 Å². The smallest absolute Gasteiger partial charge is 0.339 e. The van der Waals surface area contributed by atoms with Gasteiger partial charge in [0.05, 0.1) is 17.1 Å². The molecular formula is C18H14NO7-. The molecule has 0 aliphatic heterocycles. The minimum Gasteiger partial charge on any atom is -0.546 e. The third-order valence-corrected chi connectivity index (χ3v) is 3.27. The van der Waals surface area contributed by atoms with Gasteiger partial charge in [-0.3, -0.25) is 4.79 Å². The number of carbonyl (C=O) groups excluding carboxylic acids is 4. The fourth-order valence-corrected chi connectivity index (χ4v) is 2.02. The fourth-order valence-electron chi connectivity index (χ4n) is 2.02. The monoisotopic (exact) mass is 356 g/mol. The second-order valence-electron chi connectivity index (χ2n) is 5.11. The molecule has 0 aliphatic carbocycles. The van der Waals surface area contributed by atoms with Crippen LogP contribution in [0, 0.1) is 0 Å². The van der Waals surface area contributed by atoms with Crippen LogP contribution in [0.4, 0.5) is 0 Å². The highest BCUT2D eigenvalue weighted by molar-refractivity contribution is 5.96. The van der Waals surface area contributed by atoms with Gasteiger partial charge in [0.1, 0.15) is 0 Å². The van der Waals surface area contributed by atoms with Gasteiger partial charge in [-0.1, -0.05) is 36.4 Å². The van der Waals surface area contributed by atoms with Crippen LogP contribution >= 0.6 is 0 Å². The zero-order valence-corrected chi connectivity index (χ0v) is 13.4. The molecule has 0 saturated heterocycles. The number of ether oxygens (including phenoxy) is 2. The number of primary amides is 1. The van der Waals surface area contributed by atoms with E-state index in [-0.39, 0.29) is 11.1 Å². The summed E-state index contributed by atoms with van der Waals surface area (Å²) in [6.45, 7) is 0. The highest BCUT2D eigenvalue weighted by Crippen LogP contribution is 2.12. The summed E-state index contributed by atoms with van der Waals surface area (Å²) in [6.07, 6.45) is -4.26. The Morgan fingerprint density at radius 1 is 0.731 bits per heavy atom. The number of benzene rings is 2. The van der Waals surface area contributed by atoms with Crippen molar-refractivity contribution in [1.29, 1.82) is 0 Å². The van der Waals surface area contributed by atoms with E-state index in [4.69, 9.17) is 15.2 Å². The van der Waals surface area contributed by atoms with Crippen LogP contribution in [-0.2, 0) is 19.1 Å². The summed E-state index contributed by atoms with van der Waals surface area (Å²) in [6, 6.07) is 15.0. The van der Waals surface area contributed by atoms with Crippen LogP contribution in [0.25, 0.3) is 0 Å². The molecule has 2 rings (SSSR count). The fraction of sp³-hybridized carbons (Fsp3) is 0.111. The third-order valence-electron chi connectivity index (χ3n) is 3.27. The third kappa shape index (κ3) is 4.67. The van der Waals surface area contributed by atoms with Crippen molar-refractivity contribution in [2.75, 3.05) is 0 Å². The predicted molar refractivity (Wildman–Crippen MR) is 85.5 cm³/mol. The molecule has 0 fully saturated rings. The van der Waals surface area contributed by atoms with Gasteiger partial charge >= 0.3 is 11.9 Å². The van der Waals surface area contributed by atoms with E-state index in [1.807, 2.05) is 0 Å². The first-order valence-corrected chi connectivity index (χ1v) is 7.42. The molecule has 0 spiro atoms. The lowest BCUT2D eigenvalue weighted by atomic mass is 10.1. The molecule has 2 aromatic carbocycles. The minimum atomic E-state index is -2.20. The van der Waals surface area contributed by atoms with E-state index in [1.54, 1.807) is 24.3 Å². The second-order valence-corrected chi connectivity index (χ2v) is 5.11. The molecule has 2 atom stereocenters. The average Bonchev–Trinajstić information content (AvgIpc) is 2.65. The van der Waals surface area contributed by atoms with E-state index < -0.39 is 36.0 Å². The van der Waals surface area contributed by atoms with Gasteiger partial charge in [-0.25, -0.2) is 9.59 Å². The standard InChI is InChI=1S/C18H15NO7/c19-15(20)13(25-17(23)11-7-3-1-4-8-11)14(16(21)22)26-18(24)12-9-5-2-6-10-12/h1-10,13-14H,(H2,19,20)(H,21,22)/p-1/t13-,14+/m1/s1. The van der Waals surface area contributed by atoms with Gasteiger partial charge < -0.3 is 25.1 Å². The van der Waals surface area contributed by atoms with Crippen molar-refractivity contribution in [3.63, 3.8) is 0 Å². The topological polar surface area (TPSA) is 136 Å². The molecule has 0 aliphatic rings. The number of nitrogens with two attached hydrogens (primary N) is 1. The summed E-state index contributed by atoms with van der Waals surface area (Å²) >= 11 is 0. The molecule has 134 valence electrons. The molecule has 0 heterocycles. The number of carbonyl (C=O) groups is 4. The number of carboxylic acids is 1. The first kappa shape index (κ1) is 18.7. The summed E-state index contributed by atoms with van der Waals surface area (Å²) in [5, 5.41) is 11.3. The van der Waals surface area contributed by atoms with Crippen LogP contribution in [0.1, 0.15) is 20.7 Å². The van der Waals surface area contributed by atoms with Crippen molar-refractivity contribution >= 4 is 23.8 Å². The van der Waals surface area contributed by atoms with E-state index in [1.165, 1.54) is 36.4 Å². The lowest BCUT2D eigenvalue weighted by Gasteiger charge is -2.25. The normalized spacial score (nSPS) is 12.5. The summed E-state index contributed by atoms with van der Waals surface area (Å²) in [5.74, 6) is -5.28. The summed E-state index contributed by atoms with van der Waals surface area (Å²) in [5.41, 5.74) is 5.22. The van der Waals surface area contributed by atoms with Gasteiger partial charge in [0.2, 0.25) is 6.10 Å². The SMILES string of the molecule is NC(=O)[C@H](OC(=O)c1ccccc1)[C@H](OC(=O)c1ccccc1)C(=O)[O-]. The number of hydrogen-bond donors (Lipinski definition) is 1. The van der Waals surface area contributed by atoms with Crippen molar-refractivity contribution in [1.82, 2.24) is 0 Å². The van der Waals surface area contributed by atoms with Crippen LogP contribution < -0.4 is 10.8 Å². The van der Waals surface area contributed by atoms with Crippen LogP contribution in [0.2, 0.25) is 0 Å². The van der Waals surface area contributed by atoms with Crippen LogP contribution in [-0.4, -0.2) is 36.0 Å². The molecule has 8 nitrogen and oxygen atoms in total. The van der Waals surface area contributed by atoms with E-state index >= 15 is 0 Å². The zero-order chi connectivity index (χ0) is 19.1. The Bertz CT molecular complexity index is 735. The highest BCUT2D eigenvalue weighted by Gasteiger charge is 2.35. The molecule has 0 saturated carbocycles. The van der Waals surface area contributed by atoms with Gasteiger partial charge in [0.25, 0.3) is 5.91 Å². The molecule has 0 aromatic heterocycles. The molecule has 2 aromatic rings. The Kier molecular flexibility index (Phi) is 6.05. The molecular weight excluding hydrogens is 342 g/mol. The summed E-state index contributed by atoms with van der Waals surface area (Å²) in [4.78, 5) is 47.0. The Balaban J connectivity index is 2.20. The van der Waals surface area contributed by atoms with Crippen LogP contribution in [0.3, 0.4) is 0 Å².